The Hall–Kier alpha value is -3.09. The second kappa shape index (κ2) is 9.18. The molecule has 0 bridgehead atoms. The standard InChI is InChI=1S/C26H27N3O2S/c1-31-24-10-6-5-9-21(24)19-29-22-11-16-32-25(22)17-23(29)26(30)28-14-12-27(13-15-28)18-20-7-3-2-4-8-20/h2-11,16-17H,12-15,18-19H2,1H3. The molecule has 0 radical (unpaired) electrons. The Morgan fingerprint density at radius 1 is 0.938 bits per heavy atom. The average molecular weight is 446 g/mol. The lowest BCUT2D eigenvalue weighted by atomic mass is 10.2. The summed E-state index contributed by atoms with van der Waals surface area (Å²) in [6.45, 7) is 4.82. The summed E-state index contributed by atoms with van der Waals surface area (Å²) in [5.74, 6) is 0.958. The second-order valence-corrected chi connectivity index (χ2v) is 9.10. The number of carbonyl (C=O) groups is 1. The summed E-state index contributed by atoms with van der Waals surface area (Å²) >= 11 is 1.68. The number of fused-ring (bicyclic) bond motifs is 1. The lowest BCUT2D eigenvalue weighted by Crippen LogP contribution is -2.48. The number of ether oxygens (including phenoxy) is 1. The molecule has 0 N–H and O–H groups in total. The summed E-state index contributed by atoms with van der Waals surface area (Å²) in [6.07, 6.45) is 0. The van der Waals surface area contributed by atoms with E-state index in [0.29, 0.717) is 6.54 Å². The van der Waals surface area contributed by atoms with Crippen molar-refractivity contribution in [2.24, 2.45) is 0 Å². The lowest BCUT2D eigenvalue weighted by Gasteiger charge is -2.35. The summed E-state index contributed by atoms with van der Waals surface area (Å²) in [6, 6.07) is 22.7. The Bertz CT molecular complexity index is 1210. The second-order valence-electron chi connectivity index (χ2n) is 8.15. The Morgan fingerprint density at radius 3 is 2.47 bits per heavy atom. The average Bonchev–Trinajstić information content (AvgIpc) is 3.43. The number of piperazine rings is 1. The fraction of sp³-hybridized carbons (Fsp3) is 0.269. The van der Waals surface area contributed by atoms with Gasteiger partial charge in [-0.1, -0.05) is 48.5 Å². The maximum atomic E-state index is 13.6. The number of para-hydroxylation sites is 1. The van der Waals surface area contributed by atoms with E-state index in [4.69, 9.17) is 4.74 Å². The zero-order valence-corrected chi connectivity index (χ0v) is 19.1. The van der Waals surface area contributed by atoms with Crippen LogP contribution in [-0.2, 0) is 13.1 Å². The topological polar surface area (TPSA) is 37.7 Å². The minimum absolute atomic E-state index is 0.114. The molecule has 1 aliphatic heterocycles. The van der Waals surface area contributed by atoms with Crippen LogP contribution in [0.15, 0.2) is 72.1 Å². The Labute approximate surface area is 192 Å². The van der Waals surface area contributed by atoms with Crippen LogP contribution in [0.25, 0.3) is 10.2 Å². The van der Waals surface area contributed by atoms with Gasteiger partial charge in [0, 0.05) is 38.3 Å². The molecule has 4 aromatic rings. The van der Waals surface area contributed by atoms with Gasteiger partial charge in [0.05, 0.1) is 23.9 Å². The molecule has 6 heteroatoms. The van der Waals surface area contributed by atoms with Gasteiger partial charge in [0.25, 0.3) is 5.91 Å². The van der Waals surface area contributed by atoms with Gasteiger partial charge in [-0.3, -0.25) is 9.69 Å². The van der Waals surface area contributed by atoms with E-state index < -0.39 is 0 Å². The first-order chi connectivity index (χ1) is 15.7. The van der Waals surface area contributed by atoms with Gasteiger partial charge < -0.3 is 14.2 Å². The number of aromatic nitrogens is 1. The van der Waals surface area contributed by atoms with Crippen LogP contribution >= 0.6 is 11.3 Å². The molecule has 1 aliphatic rings. The van der Waals surface area contributed by atoms with Crippen LogP contribution in [-0.4, -0.2) is 53.6 Å². The highest BCUT2D eigenvalue weighted by molar-refractivity contribution is 7.17. The van der Waals surface area contributed by atoms with Gasteiger partial charge in [-0.15, -0.1) is 11.3 Å². The highest BCUT2D eigenvalue weighted by Gasteiger charge is 2.26. The van der Waals surface area contributed by atoms with Crippen molar-refractivity contribution in [1.82, 2.24) is 14.4 Å². The van der Waals surface area contributed by atoms with Gasteiger partial charge in [-0.25, -0.2) is 0 Å². The van der Waals surface area contributed by atoms with Gasteiger partial charge in [0.15, 0.2) is 0 Å². The molecule has 164 valence electrons. The monoisotopic (exact) mass is 445 g/mol. The van der Waals surface area contributed by atoms with Crippen molar-refractivity contribution in [2.45, 2.75) is 13.1 Å². The van der Waals surface area contributed by atoms with Crippen LogP contribution in [0.1, 0.15) is 21.6 Å². The molecule has 0 aliphatic carbocycles. The number of hydrogen-bond acceptors (Lipinski definition) is 4. The number of amides is 1. The molecule has 0 unspecified atom stereocenters. The molecular weight excluding hydrogens is 418 g/mol. The Kier molecular flexibility index (Phi) is 5.97. The smallest absolute Gasteiger partial charge is 0.270 e. The zero-order valence-electron chi connectivity index (χ0n) is 18.2. The highest BCUT2D eigenvalue weighted by Crippen LogP contribution is 2.29. The van der Waals surface area contributed by atoms with Crippen molar-refractivity contribution < 1.29 is 9.53 Å². The van der Waals surface area contributed by atoms with Crippen molar-refractivity contribution in [3.8, 4) is 5.75 Å². The number of hydrogen-bond donors (Lipinski definition) is 0. The molecule has 2 aromatic heterocycles. The number of rotatable bonds is 6. The van der Waals surface area contributed by atoms with Crippen molar-refractivity contribution in [2.75, 3.05) is 33.3 Å². The first-order valence-corrected chi connectivity index (χ1v) is 11.8. The largest absolute Gasteiger partial charge is 0.496 e. The first kappa shape index (κ1) is 20.8. The predicted octanol–water partition coefficient (Wildman–Crippen LogP) is 4.72. The predicted molar refractivity (Wildman–Crippen MR) is 130 cm³/mol. The fourth-order valence-electron chi connectivity index (χ4n) is 4.44. The van der Waals surface area contributed by atoms with Gasteiger partial charge in [0.1, 0.15) is 11.4 Å². The maximum Gasteiger partial charge on any atom is 0.270 e. The SMILES string of the molecule is COc1ccccc1Cn1c(C(=O)N2CCN(Cc3ccccc3)CC2)cc2sccc21. The molecule has 0 spiro atoms. The summed E-state index contributed by atoms with van der Waals surface area (Å²) in [5.41, 5.74) is 4.25. The summed E-state index contributed by atoms with van der Waals surface area (Å²) in [7, 11) is 1.69. The van der Waals surface area contributed by atoms with Crippen molar-refractivity contribution in [3.63, 3.8) is 0 Å². The maximum absolute atomic E-state index is 13.6. The first-order valence-electron chi connectivity index (χ1n) is 11.0. The number of nitrogens with zero attached hydrogens (tertiary/aromatic N) is 3. The highest BCUT2D eigenvalue weighted by atomic mass is 32.1. The molecule has 1 saturated heterocycles. The summed E-state index contributed by atoms with van der Waals surface area (Å²) < 4.78 is 8.84. The van der Waals surface area contributed by atoms with E-state index in [0.717, 1.165) is 59.9 Å². The van der Waals surface area contributed by atoms with E-state index in [-0.39, 0.29) is 5.91 Å². The van der Waals surface area contributed by atoms with E-state index in [2.05, 4.69) is 51.2 Å². The van der Waals surface area contributed by atoms with Gasteiger partial charge in [-0.05, 0) is 29.1 Å². The molecule has 3 heterocycles. The molecule has 1 fully saturated rings. The molecule has 1 amide bonds. The third kappa shape index (κ3) is 4.16. The quantitative estimate of drug-likeness (QED) is 0.431. The summed E-state index contributed by atoms with van der Waals surface area (Å²) in [5, 5.41) is 2.08. The van der Waals surface area contributed by atoms with Crippen LogP contribution in [0.3, 0.4) is 0 Å². The molecule has 5 nitrogen and oxygen atoms in total. The Morgan fingerprint density at radius 2 is 1.69 bits per heavy atom. The van der Waals surface area contributed by atoms with E-state index >= 15 is 0 Å². The van der Waals surface area contributed by atoms with Crippen LogP contribution in [0.2, 0.25) is 0 Å². The fourth-order valence-corrected chi connectivity index (χ4v) is 5.26. The van der Waals surface area contributed by atoms with Crippen molar-refractivity contribution in [1.29, 1.82) is 0 Å². The number of thiophene rings is 1. The van der Waals surface area contributed by atoms with E-state index in [1.807, 2.05) is 35.2 Å². The molecule has 0 saturated carbocycles. The van der Waals surface area contributed by atoms with Crippen LogP contribution in [0.5, 0.6) is 5.75 Å². The van der Waals surface area contributed by atoms with E-state index in [1.165, 1.54) is 5.56 Å². The lowest BCUT2D eigenvalue weighted by molar-refractivity contribution is 0.0619. The third-order valence-corrected chi connectivity index (χ3v) is 7.02. The Balaban J connectivity index is 1.34. The molecule has 2 aromatic carbocycles. The van der Waals surface area contributed by atoms with E-state index in [9.17, 15) is 4.79 Å². The van der Waals surface area contributed by atoms with Crippen LogP contribution in [0.4, 0.5) is 0 Å². The number of methoxy groups -OCH3 is 1. The summed E-state index contributed by atoms with van der Waals surface area (Å²) in [4.78, 5) is 18.0. The van der Waals surface area contributed by atoms with Gasteiger partial charge in [-0.2, -0.15) is 0 Å². The van der Waals surface area contributed by atoms with Gasteiger partial charge >= 0.3 is 0 Å². The molecule has 0 atom stereocenters. The number of carbonyl (C=O) groups excluding carboxylic acids is 1. The molecular formula is C26H27N3O2S. The van der Waals surface area contributed by atoms with Crippen LogP contribution < -0.4 is 4.74 Å². The normalized spacial score (nSPS) is 14.7. The molecule has 32 heavy (non-hydrogen) atoms. The minimum atomic E-state index is 0.114. The van der Waals surface area contributed by atoms with Crippen LogP contribution in [0, 0.1) is 0 Å². The molecule has 5 rings (SSSR count). The van der Waals surface area contributed by atoms with Gasteiger partial charge in [0.2, 0.25) is 0 Å². The minimum Gasteiger partial charge on any atom is -0.496 e. The van der Waals surface area contributed by atoms with Crippen molar-refractivity contribution >= 4 is 27.5 Å². The number of benzene rings is 2. The van der Waals surface area contributed by atoms with Crippen molar-refractivity contribution in [3.05, 3.63) is 88.9 Å². The third-order valence-electron chi connectivity index (χ3n) is 6.17. The van der Waals surface area contributed by atoms with E-state index in [1.54, 1.807) is 18.4 Å². The zero-order chi connectivity index (χ0) is 21.9.